The van der Waals surface area contributed by atoms with Gasteiger partial charge in [0.15, 0.2) is 5.60 Å². The molecule has 0 bridgehead atoms. The lowest BCUT2D eigenvalue weighted by Crippen LogP contribution is -2.67. The molecule has 4 rings (SSSR count). The van der Waals surface area contributed by atoms with Crippen molar-refractivity contribution < 1.29 is 34.8 Å². The first-order valence-corrected chi connectivity index (χ1v) is 14.4. The Balaban J connectivity index is 1.76. The monoisotopic (exact) mass is 532 g/mol. The SMILES string of the molecule is CC(=O)O[C@H]1C[C@@]2(C)[C@H](C[C@@H](O)[C@@H]3[C@@]4(C)CC[C@](O)(C(=O)O)[C@@H](C)C4CC[C@@]32C)/C1=C(\O)CCC=C(C)C. The molecule has 1 unspecified atom stereocenters. The van der Waals surface area contributed by atoms with Crippen molar-refractivity contribution in [1.29, 1.82) is 0 Å². The average Bonchev–Trinajstić information content (AvgIpc) is 3.07. The molecule has 214 valence electrons. The number of hydrogen-bond donors (Lipinski definition) is 4. The van der Waals surface area contributed by atoms with E-state index in [4.69, 9.17) is 4.74 Å². The summed E-state index contributed by atoms with van der Waals surface area (Å²) in [6, 6.07) is 0. The summed E-state index contributed by atoms with van der Waals surface area (Å²) in [4.78, 5) is 24.2. The molecule has 7 nitrogen and oxygen atoms in total. The van der Waals surface area contributed by atoms with Crippen molar-refractivity contribution in [3.8, 4) is 0 Å². The van der Waals surface area contributed by atoms with Gasteiger partial charge in [-0.2, -0.15) is 0 Å². The van der Waals surface area contributed by atoms with E-state index in [1.54, 1.807) is 0 Å². The molecule has 0 amide bonds. The Hall–Kier alpha value is -1.86. The maximum absolute atomic E-state index is 12.1. The molecule has 0 aliphatic heterocycles. The number of carbonyl (C=O) groups is 2. The fourth-order valence-electron chi connectivity index (χ4n) is 9.82. The van der Waals surface area contributed by atoms with Crippen LogP contribution in [0.25, 0.3) is 0 Å². The molecule has 4 N–H and O–H groups in total. The summed E-state index contributed by atoms with van der Waals surface area (Å²) in [6.45, 7) is 14.0. The van der Waals surface area contributed by atoms with E-state index in [1.165, 1.54) is 12.5 Å². The van der Waals surface area contributed by atoms with E-state index in [-0.39, 0.29) is 52.1 Å². The van der Waals surface area contributed by atoms with Gasteiger partial charge in [0.25, 0.3) is 0 Å². The number of allylic oxidation sites excluding steroid dienone is 3. The topological polar surface area (TPSA) is 124 Å². The van der Waals surface area contributed by atoms with E-state index in [9.17, 15) is 30.0 Å². The minimum Gasteiger partial charge on any atom is -0.512 e. The third kappa shape index (κ3) is 4.14. The van der Waals surface area contributed by atoms with E-state index in [2.05, 4.69) is 26.8 Å². The number of aliphatic hydroxyl groups excluding tert-OH is 2. The van der Waals surface area contributed by atoms with Crippen LogP contribution in [0.2, 0.25) is 0 Å². The summed E-state index contributed by atoms with van der Waals surface area (Å²) < 4.78 is 5.84. The molecule has 4 saturated carbocycles. The second-order valence-electron chi connectivity index (χ2n) is 13.9. The molecule has 0 radical (unpaired) electrons. The van der Waals surface area contributed by atoms with E-state index < -0.39 is 29.7 Å². The van der Waals surface area contributed by atoms with Crippen molar-refractivity contribution in [2.75, 3.05) is 0 Å². The number of esters is 1. The van der Waals surface area contributed by atoms with Gasteiger partial charge in [0.05, 0.1) is 11.9 Å². The molecule has 0 saturated heterocycles. The summed E-state index contributed by atoms with van der Waals surface area (Å²) in [6.07, 6.45) is 5.38. The van der Waals surface area contributed by atoms with Gasteiger partial charge in [0, 0.05) is 18.9 Å². The van der Waals surface area contributed by atoms with Gasteiger partial charge in [-0.1, -0.05) is 39.3 Å². The minimum atomic E-state index is -1.75. The summed E-state index contributed by atoms with van der Waals surface area (Å²) in [5.74, 6) is -1.92. The molecule has 38 heavy (non-hydrogen) atoms. The van der Waals surface area contributed by atoms with Crippen LogP contribution in [-0.4, -0.2) is 50.2 Å². The summed E-state index contributed by atoms with van der Waals surface area (Å²) in [5, 5.41) is 44.1. The van der Waals surface area contributed by atoms with E-state index >= 15 is 0 Å². The second-order valence-corrected chi connectivity index (χ2v) is 13.9. The Morgan fingerprint density at radius 2 is 1.71 bits per heavy atom. The van der Waals surface area contributed by atoms with E-state index in [1.807, 2.05) is 20.8 Å². The van der Waals surface area contributed by atoms with Crippen LogP contribution in [-0.2, 0) is 14.3 Å². The maximum atomic E-state index is 12.1. The zero-order valence-electron chi connectivity index (χ0n) is 24.2. The van der Waals surface area contributed by atoms with Crippen LogP contribution in [0.3, 0.4) is 0 Å². The zero-order valence-corrected chi connectivity index (χ0v) is 24.2. The Labute approximate surface area is 227 Å². The number of hydrogen-bond acceptors (Lipinski definition) is 6. The largest absolute Gasteiger partial charge is 0.512 e. The zero-order chi connectivity index (χ0) is 28.4. The second kappa shape index (κ2) is 9.65. The Morgan fingerprint density at radius 1 is 1.05 bits per heavy atom. The first-order chi connectivity index (χ1) is 17.5. The van der Waals surface area contributed by atoms with Crippen LogP contribution >= 0.6 is 0 Å². The quantitative estimate of drug-likeness (QED) is 0.208. The van der Waals surface area contributed by atoms with Gasteiger partial charge in [-0.15, -0.1) is 0 Å². The fourth-order valence-corrected chi connectivity index (χ4v) is 9.82. The van der Waals surface area contributed by atoms with Gasteiger partial charge in [-0.05, 0) is 98.7 Å². The van der Waals surface area contributed by atoms with Gasteiger partial charge < -0.3 is 25.2 Å². The van der Waals surface area contributed by atoms with Gasteiger partial charge in [-0.3, -0.25) is 4.79 Å². The molecule has 10 atom stereocenters. The van der Waals surface area contributed by atoms with Gasteiger partial charge in [0.2, 0.25) is 0 Å². The number of carboxylic acid groups (broad SMARTS) is 1. The highest BCUT2D eigenvalue weighted by Crippen LogP contribution is 2.74. The van der Waals surface area contributed by atoms with Crippen molar-refractivity contribution in [3.05, 3.63) is 23.0 Å². The first kappa shape index (κ1) is 29.1. The molecule has 0 heterocycles. The van der Waals surface area contributed by atoms with Crippen molar-refractivity contribution in [1.82, 2.24) is 0 Å². The van der Waals surface area contributed by atoms with E-state index in [0.717, 1.165) is 18.4 Å². The molecule has 4 aliphatic rings. The van der Waals surface area contributed by atoms with Crippen LogP contribution in [0, 0.1) is 39.9 Å². The Morgan fingerprint density at radius 3 is 2.29 bits per heavy atom. The minimum absolute atomic E-state index is 0.0246. The molecule has 4 fully saturated rings. The lowest BCUT2D eigenvalue weighted by molar-refractivity contribution is -0.247. The molecule has 0 aromatic carbocycles. The molecular weight excluding hydrogens is 484 g/mol. The predicted molar refractivity (Wildman–Crippen MR) is 144 cm³/mol. The number of rotatable bonds is 5. The van der Waals surface area contributed by atoms with Crippen molar-refractivity contribution in [2.24, 2.45) is 39.9 Å². The molecule has 0 aromatic heterocycles. The summed E-state index contributed by atoms with van der Waals surface area (Å²) in [7, 11) is 0. The Kier molecular flexibility index (Phi) is 7.40. The van der Waals surface area contributed by atoms with Crippen molar-refractivity contribution in [3.63, 3.8) is 0 Å². The number of ether oxygens (including phenoxy) is 1. The smallest absolute Gasteiger partial charge is 0.335 e. The number of aliphatic carboxylic acids is 1. The molecule has 7 heteroatoms. The molecule has 4 aliphatic carbocycles. The maximum Gasteiger partial charge on any atom is 0.335 e. The number of carboxylic acids is 1. The third-order valence-corrected chi connectivity index (χ3v) is 11.8. The molecule has 0 spiro atoms. The molecular formula is C31H48O7. The number of carbonyl (C=O) groups excluding carboxylic acids is 1. The van der Waals surface area contributed by atoms with Gasteiger partial charge >= 0.3 is 11.9 Å². The standard InChI is InChI=1S/C31H48O7/c1-17(2)9-8-10-22(33)25-21-15-23(34)26-28(5)13-14-31(37,27(35)36)18(3)20(28)11-12-29(26,6)30(21,7)16-24(25)38-19(4)32/h9,18,20-21,23-24,26,33-34,37H,8,10-16H2,1-7H3,(H,35,36)/b25-22+/t18-,20?,21+,23+,24-,26+,28-,29-,30-,31+/m0/s1. The van der Waals surface area contributed by atoms with Crippen LogP contribution in [0.15, 0.2) is 23.0 Å². The third-order valence-electron chi connectivity index (χ3n) is 11.8. The lowest BCUT2D eigenvalue weighted by atomic mass is 9.36. The summed E-state index contributed by atoms with van der Waals surface area (Å²) >= 11 is 0. The van der Waals surface area contributed by atoms with E-state index in [0.29, 0.717) is 32.1 Å². The first-order valence-electron chi connectivity index (χ1n) is 14.4. The average molecular weight is 533 g/mol. The highest BCUT2D eigenvalue weighted by atomic mass is 16.5. The number of aliphatic hydroxyl groups is 3. The highest BCUT2D eigenvalue weighted by Gasteiger charge is 2.72. The van der Waals surface area contributed by atoms with Crippen LogP contribution in [0.4, 0.5) is 0 Å². The van der Waals surface area contributed by atoms with Gasteiger partial charge in [0.1, 0.15) is 6.10 Å². The number of fused-ring (bicyclic) bond motifs is 5. The summed E-state index contributed by atoms with van der Waals surface area (Å²) in [5.41, 5.74) is -0.775. The Bertz CT molecular complexity index is 1040. The van der Waals surface area contributed by atoms with Crippen molar-refractivity contribution >= 4 is 11.9 Å². The normalized spacial score (nSPS) is 47.3. The molecule has 0 aromatic rings. The predicted octanol–water partition coefficient (Wildman–Crippen LogP) is 5.55. The van der Waals surface area contributed by atoms with Gasteiger partial charge in [-0.25, -0.2) is 4.79 Å². The van der Waals surface area contributed by atoms with Crippen molar-refractivity contribution in [2.45, 2.75) is 118 Å². The van der Waals surface area contributed by atoms with Crippen LogP contribution in [0.1, 0.15) is 99.8 Å². The van der Waals surface area contributed by atoms with Crippen LogP contribution in [0.5, 0.6) is 0 Å². The highest BCUT2D eigenvalue weighted by molar-refractivity contribution is 5.77. The van der Waals surface area contributed by atoms with Crippen LogP contribution < -0.4 is 0 Å². The lowest BCUT2D eigenvalue weighted by Gasteiger charge is -2.69. The fraction of sp³-hybridized carbons (Fsp3) is 0.806.